The minimum atomic E-state index is -0.522. The Morgan fingerprint density at radius 2 is 1.33 bits per heavy atom. The first kappa shape index (κ1) is 16.5. The predicted octanol–water partition coefficient (Wildman–Crippen LogP) is 3.35. The standard InChI is InChI=1S/C20H16N2O5/c21-16-14(9-3-1-2-4-11(9)23)10-7-8-5-6-12(24)18(25)13(8)19(26)15(10)20(27)17(16)22/h1-7,23-27H,21-22H2. The van der Waals surface area contributed by atoms with Gasteiger partial charge in [0.25, 0.3) is 0 Å². The molecule has 27 heavy (non-hydrogen) atoms. The van der Waals surface area contributed by atoms with Crippen LogP contribution < -0.4 is 11.5 Å². The van der Waals surface area contributed by atoms with Crippen molar-refractivity contribution in [3.63, 3.8) is 0 Å². The second kappa shape index (κ2) is 5.50. The lowest BCUT2D eigenvalue weighted by Crippen LogP contribution is -2.00. The van der Waals surface area contributed by atoms with Crippen molar-refractivity contribution in [1.29, 1.82) is 0 Å². The van der Waals surface area contributed by atoms with Crippen molar-refractivity contribution >= 4 is 32.9 Å². The maximum absolute atomic E-state index is 10.8. The maximum atomic E-state index is 10.8. The van der Waals surface area contributed by atoms with Gasteiger partial charge >= 0.3 is 0 Å². The van der Waals surface area contributed by atoms with Crippen LogP contribution in [0.15, 0.2) is 42.5 Å². The van der Waals surface area contributed by atoms with Crippen molar-refractivity contribution in [1.82, 2.24) is 0 Å². The number of rotatable bonds is 1. The zero-order valence-electron chi connectivity index (χ0n) is 13.9. The molecule has 0 aromatic heterocycles. The molecular formula is C20H16N2O5. The highest BCUT2D eigenvalue weighted by Gasteiger charge is 2.23. The molecule has 0 unspecified atom stereocenters. The summed E-state index contributed by atoms with van der Waals surface area (Å²) < 4.78 is 0. The Balaban J connectivity index is 2.30. The molecular weight excluding hydrogens is 348 g/mol. The van der Waals surface area contributed by atoms with Gasteiger partial charge in [-0.05, 0) is 29.0 Å². The molecule has 0 bridgehead atoms. The van der Waals surface area contributed by atoms with Crippen molar-refractivity contribution in [2.24, 2.45) is 0 Å². The zero-order chi connectivity index (χ0) is 19.5. The molecule has 136 valence electrons. The molecule has 7 heteroatoms. The first-order valence-electron chi connectivity index (χ1n) is 8.01. The topological polar surface area (TPSA) is 153 Å². The number of nitrogens with two attached hydrogens (primary N) is 2. The van der Waals surface area contributed by atoms with Crippen LogP contribution in [0, 0.1) is 0 Å². The van der Waals surface area contributed by atoms with Crippen molar-refractivity contribution in [2.45, 2.75) is 0 Å². The molecule has 4 rings (SSSR count). The Morgan fingerprint density at radius 1 is 0.630 bits per heavy atom. The number of nitrogen functional groups attached to an aromatic ring is 2. The number of fused-ring (bicyclic) bond motifs is 2. The normalized spacial score (nSPS) is 11.3. The van der Waals surface area contributed by atoms with Gasteiger partial charge in [0.1, 0.15) is 11.5 Å². The summed E-state index contributed by atoms with van der Waals surface area (Å²) in [6.45, 7) is 0. The molecule has 0 atom stereocenters. The number of phenols is 5. The second-order valence-electron chi connectivity index (χ2n) is 6.25. The molecule has 0 spiro atoms. The largest absolute Gasteiger partial charge is 0.507 e. The Labute approximate surface area is 153 Å². The molecule has 0 aliphatic heterocycles. The Morgan fingerprint density at radius 3 is 2.04 bits per heavy atom. The average Bonchev–Trinajstić information content (AvgIpc) is 2.64. The van der Waals surface area contributed by atoms with Gasteiger partial charge in [0.2, 0.25) is 0 Å². The van der Waals surface area contributed by atoms with Gasteiger partial charge < -0.3 is 37.0 Å². The third-order valence-electron chi connectivity index (χ3n) is 4.73. The van der Waals surface area contributed by atoms with Crippen molar-refractivity contribution in [3.8, 4) is 39.9 Å². The van der Waals surface area contributed by atoms with Crippen LogP contribution in [0.3, 0.4) is 0 Å². The van der Waals surface area contributed by atoms with E-state index in [1.165, 1.54) is 18.2 Å². The number of hydrogen-bond donors (Lipinski definition) is 7. The van der Waals surface area contributed by atoms with E-state index < -0.39 is 23.0 Å². The minimum absolute atomic E-state index is 0.0368. The summed E-state index contributed by atoms with van der Waals surface area (Å²) in [4.78, 5) is 0. The van der Waals surface area contributed by atoms with E-state index in [-0.39, 0.29) is 27.9 Å². The molecule has 0 radical (unpaired) electrons. The fourth-order valence-electron chi connectivity index (χ4n) is 3.40. The molecule has 0 aliphatic rings. The van der Waals surface area contributed by atoms with E-state index >= 15 is 0 Å². The molecule has 0 saturated heterocycles. The van der Waals surface area contributed by atoms with Crippen LogP contribution in [0.2, 0.25) is 0 Å². The Bertz CT molecular complexity index is 1250. The fraction of sp³-hybridized carbons (Fsp3) is 0. The summed E-state index contributed by atoms with van der Waals surface area (Å²) in [6, 6.07) is 10.8. The smallest absolute Gasteiger partial charge is 0.169 e. The van der Waals surface area contributed by atoms with E-state index in [0.29, 0.717) is 21.9 Å². The van der Waals surface area contributed by atoms with Gasteiger partial charge in [0.15, 0.2) is 17.2 Å². The quantitative estimate of drug-likeness (QED) is 0.155. The lowest BCUT2D eigenvalue weighted by Gasteiger charge is -2.18. The highest BCUT2D eigenvalue weighted by molar-refractivity contribution is 6.19. The number of hydrogen-bond acceptors (Lipinski definition) is 7. The van der Waals surface area contributed by atoms with Gasteiger partial charge in [-0.25, -0.2) is 0 Å². The highest BCUT2D eigenvalue weighted by atomic mass is 16.3. The van der Waals surface area contributed by atoms with E-state index in [2.05, 4.69) is 0 Å². The van der Waals surface area contributed by atoms with Crippen molar-refractivity contribution < 1.29 is 25.5 Å². The molecule has 0 heterocycles. The van der Waals surface area contributed by atoms with Crippen LogP contribution in [0.5, 0.6) is 28.7 Å². The van der Waals surface area contributed by atoms with Crippen LogP contribution in [-0.4, -0.2) is 25.5 Å². The molecule has 0 aliphatic carbocycles. The molecule has 0 amide bonds. The van der Waals surface area contributed by atoms with E-state index in [4.69, 9.17) is 11.5 Å². The second-order valence-corrected chi connectivity index (χ2v) is 6.25. The summed E-state index contributed by atoms with van der Waals surface area (Å²) in [5, 5.41) is 52.1. The Kier molecular flexibility index (Phi) is 3.35. The third-order valence-corrected chi connectivity index (χ3v) is 4.73. The number of para-hydroxylation sites is 1. The molecule has 9 N–H and O–H groups in total. The van der Waals surface area contributed by atoms with Crippen LogP contribution in [0.25, 0.3) is 32.7 Å². The van der Waals surface area contributed by atoms with Crippen molar-refractivity contribution in [3.05, 3.63) is 42.5 Å². The lowest BCUT2D eigenvalue weighted by atomic mass is 9.91. The molecule has 0 saturated carbocycles. The van der Waals surface area contributed by atoms with Gasteiger partial charge in [0, 0.05) is 11.1 Å². The lowest BCUT2D eigenvalue weighted by molar-refractivity contribution is 0.405. The van der Waals surface area contributed by atoms with Crippen LogP contribution in [0.4, 0.5) is 11.4 Å². The van der Waals surface area contributed by atoms with E-state index in [9.17, 15) is 25.5 Å². The van der Waals surface area contributed by atoms with E-state index in [0.717, 1.165) is 0 Å². The number of phenolic OH excluding ortho intramolecular Hbond substituents is 5. The number of anilines is 2. The van der Waals surface area contributed by atoms with Gasteiger partial charge in [-0.2, -0.15) is 0 Å². The SMILES string of the molecule is Nc1c(N)c(O)c2c(O)c3c(O)c(O)ccc3cc2c1-c1ccccc1O. The van der Waals surface area contributed by atoms with Gasteiger partial charge in [-0.3, -0.25) is 0 Å². The maximum Gasteiger partial charge on any atom is 0.169 e. The molecule has 4 aromatic carbocycles. The highest BCUT2D eigenvalue weighted by Crippen LogP contribution is 2.52. The monoisotopic (exact) mass is 364 g/mol. The van der Waals surface area contributed by atoms with Gasteiger partial charge in [0.05, 0.1) is 22.1 Å². The van der Waals surface area contributed by atoms with Crippen LogP contribution in [-0.2, 0) is 0 Å². The number of aromatic hydroxyl groups is 5. The molecule has 7 nitrogen and oxygen atoms in total. The van der Waals surface area contributed by atoms with Crippen LogP contribution >= 0.6 is 0 Å². The summed E-state index contributed by atoms with van der Waals surface area (Å²) in [6.07, 6.45) is 0. The van der Waals surface area contributed by atoms with Gasteiger partial charge in [-0.1, -0.05) is 24.3 Å². The average molecular weight is 364 g/mol. The van der Waals surface area contributed by atoms with E-state index in [1.807, 2.05) is 0 Å². The first-order valence-corrected chi connectivity index (χ1v) is 8.01. The fourth-order valence-corrected chi connectivity index (χ4v) is 3.40. The first-order chi connectivity index (χ1) is 12.8. The summed E-state index contributed by atoms with van der Waals surface area (Å²) in [7, 11) is 0. The summed E-state index contributed by atoms with van der Waals surface area (Å²) >= 11 is 0. The summed E-state index contributed by atoms with van der Waals surface area (Å²) in [5.41, 5.74) is 12.6. The predicted molar refractivity (Wildman–Crippen MR) is 104 cm³/mol. The van der Waals surface area contributed by atoms with Gasteiger partial charge in [-0.15, -0.1) is 0 Å². The Hall–Kier alpha value is -4.00. The third kappa shape index (κ3) is 2.15. The molecule has 0 fully saturated rings. The molecule has 4 aromatic rings. The summed E-state index contributed by atoms with van der Waals surface area (Å²) in [5.74, 6) is -1.91. The minimum Gasteiger partial charge on any atom is -0.507 e. The van der Waals surface area contributed by atoms with Crippen LogP contribution in [0.1, 0.15) is 0 Å². The number of benzene rings is 4. The van der Waals surface area contributed by atoms with Crippen molar-refractivity contribution in [2.75, 3.05) is 11.5 Å². The van der Waals surface area contributed by atoms with E-state index in [1.54, 1.807) is 24.3 Å². The zero-order valence-corrected chi connectivity index (χ0v) is 13.9.